The van der Waals surface area contributed by atoms with E-state index < -0.39 is 72.8 Å². The van der Waals surface area contributed by atoms with Crippen LogP contribution in [0.15, 0.2) is 0 Å². The molecule has 0 aromatic heterocycles. The van der Waals surface area contributed by atoms with E-state index in [0.717, 1.165) is 0 Å². The van der Waals surface area contributed by atoms with Gasteiger partial charge in [-0.1, -0.05) is 13.8 Å². The quantitative estimate of drug-likeness (QED) is 0.141. The fourth-order valence-electron chi connectivity index (χ4n) is 2.13. The van der Waals surface area contributed by atoms with E-state index in [0.29, 0.717) is 0 Å². The number of nitrogens with two attached hydrogens (primary N) is 1. The highest BCUT2D eigenvalue weighted by atomic mass is 32.1. The van der Waals surface area contributed by atoms with Gasteiger partial charge in [-0.25, -0.2) is 4.79 Å². The molecular formula is C16H28N4O8S. The Kier molecular flexibility index (Phi) is 11.9. The maximum Gasteiger partial charge on any atom is 0.326 e. The Balaban J connectivity index is 5.16. The Bertz CT molecular complexity index is 616. The number of amides is 3. The van der Waals surface area contributed by atoms with Crippen LogP contribution in [-0.2, 0) is 24.0 Å². The molecule has 0 aliphatic rings. The first-order valence-corrected chi connectivity index (χ1v) is 9.40. The third kappa shape index (κ3) is 9.58. The van der Waals surface area contributed by atoms with Gasteiger partial charge in [0, 0.05) is 12.2 Å². The maximum atomic E-state index is 12.5. The highest BCUT2D eigenvalue weighted by molar-refractivity contribution is 7.80. The standard InChI is InChI=1S/C16H28N4O8S/c1-7(2)12(15(26)18-9(16(27)28)3-4-11(22)23)20-14(25)10(6-29)19-13(24)8(17)5-21/h7-10,12,21,29H,3-6,17H2,1-2H3,(H,18,26)(H,19,24)(H,20,25)(H,22,23)(H,27,28). The number of rotatable bonds is 13. The molecule has 0 aromatic carbocycles. The first-order valence-electron chi connectivity index (χ1n) is 8.77. The van der Waals surface area contributed by atoms with Crippen LogP contribution < -0.4 is 21.7 Å². The van der Waals surface area contributed by atoms with Crippen LogP contribution in [0.25, 0.3) is 0 Å². The summed E-state index contributed by atoms with van der Waals surface area (Å²) >= 11 is 3.97. The van der Waals surface area contributed by atoms with Crippen molar-refractivity contribution in [2.24, 2.45) is 11.7 Å². The van der Waals surface area contributed by atoms with Crippen LogP contribution in [0, 0.1) is 5.92 Å². The number of hydrogen-bond donors (Lipinski definition) is 8. The fourth-order valence-corrected chi connectivity index (χ4v) is 2.39. The molecule has 3 amide bonds. The van der Waals surface area contributed by atoms with Gasteiger partial charge in [0.1, 0.15) is 24.2 Å². The summed E-state index contributed by atoms with van der Waals surface area (Å²) in [6.45, 7) is 2.58. The lowest BCUT2D eigenvalue weighted by atomic mass is 10.0. The van der Waals surface area contributed by atoms with Gasteiger partial charge in [-0.2, -0.15) is 12.6 Å². The molecule has 0 rings (SSSR count). The zero-order valence-corrected chi connectivity index (χ0v) is 17.0. The molecule has 0 fully saturated rings. The molecule has 0 radical (unpaired) electrons. The average molecular weight is 436 g/mol. The van der Waals surface area contributed by atoms with E-state index >= 15 is 0 Å². The Morgan fingerprint density at radius 3 is 1.90 bits per heavy atom. The fraction of sp³-hybridized carbons (Fsp3) is 0.688. The average Bonchev–Trinajstić information content (AvgIpc) is 2.65. The molecule has 13 heteroatoms. The Morgan fingerprint density at radius 1 is 0.931 bits per heavy atom. The third-order valence-corrected chi connectivity index (χ3v) is 4.22. The third-order valence-electron chi connectivity index (χ3n) is 3.86. The van der Waals surface area contributed by atoms with Crippen molar-refractivity contribution >= 4 is 42.3 Å². The largest absolute Gasteiger partial charge is 0.481 e. The number of thiol groups is 1. The molecule has 0 aliphatic heterocycles. The van der Waals surface area contributed by atoms with Crippen molar-refractivity contribution in [2.75, 3.05) is 12.4 Å². The summed E-state index contributed by atoms with van der Waals surface area (Å²) in [6, 6.07) is -4.99. The molecule has 4 atom stereocenters. The van der Waals surface area contributed by atoms with Crippen LogP contribution in [0.4, 0.5) is 0 Å². The number of aliphatic carboxylic acids is 2. The number of carboxylic acid groups (broad SMARTS) is 2. The van der Waals surface area contributed by atoms with E-state index in [-0.39, 0.29) is 12.2 Å². The molecular weight excluding hydrogens is 408 g/mol. The molecule has 0 heterocycles. The highest BCUT2D eigenvalue weighted by Crippen LogP contribution is 2.06. The minimum Gasteiger partial charge on any atom is -0.481 e. The van der Waals surface area contributed by atoms with Gasteiger partial charge in [0.2, 0.25) is 17.7 Å². The Labute approximate surface area is 173 Å². The number of hydrogen-bond acceptors (Lipinski definition) is 8. The molecule has 4 unspecified atom stereocenters. The first kappa shape index (κ1) is 26.6. The van der Waals surface area contributed by atoms with Gasteiger partial charge >= 0.3 is 11.9 Å². The second-order valence-corrected chi connectivity index (χ2v) is 6.96. The van der Waals surface area contributed by atoms with E-state index in [2.05, 4.69) is 28.6 Å². The van der Waals surface area contributed by atoms with Gasteiger partial charge in [-0.05, 0) is 12.3 Å². The molecule has 29 heavy (non-hydrogen) atoms. The van der Waals surface area contributed by atoms with Crippen LogP contribution >= 0.6 is 12.6 Å². The van der Waals surface area contributed by atoms with Crippen molar-refractivity contribution in [1.29, 1.82) is 0 Å². The first-order chi connectivity index (χ1) is 13.4. The molecule has 0 bridgehead atoms. The lowest BCUT2D eigenvalue weighted by Crippen LogP contribution is -2.59. The lowest BCUT2D eigenvalue weighted by molar-refractivity contribution is -0.143. The van der Waals surface area contributed by atoms with Crippen molar-refractivity contribution < 1.29 is 39.3 Å². The summed E-state index contributed by atoms with van der Waals surface area (Å²) in [6.07, 6.45) is -0.793. The van der Waals surface area contributed by atoms with Crippen LogP contribution in [0.3, 0.4) is 0 Å². The van der Waals surface area contributed by atoms with Crippen molar-refractivity contribution in [3.8, 4) is 0 Å². The molecule has 0 spiro atoms. The van der Waals surface area contributed by atoms with Crippen LogP contribution in [0.1, 0.15) is 26.7 Å². The number of nitrogens with one attached hydrogen (secondary N) is 3. The van der Waals surface area contributed by atoms with E-state index in [9.17, 15) is 24.0 Å². The Hall–Kier alpha value is -2.38. The topological polar surface area (TPSA) is 208 Å². The summed E-state index contributed by atoms with van der Waals surface area (Å²) in [7, 11) is 0. The van der Waals surface area contributed by atoms with Gasteiger partial charge in [-0.15, -0.1) is 0 Å². The van der Waals surface area contributed by atoms with Gasteiger partial charge in [0.25, 0.3) is 0 Å². The number of carbonyl (C=O) groups excluding carboxylic acids is 3. The van der Waals surface area contributed by atoms with E-state index in [1.165, 1.54) is 0 Å². The Morgan fingerprint density at radius 2 is 1.48 bits per heavy atom. The number of aliphatic hydroxyl groups is 1. The second kappa shape index (κ2) is 13.0. The zero-order valence-electron chi connectivity index (χ0n) is 16.1. The van der Waals surface area contributed by atoms with Crippen molar-refractivity contribution in [3.63, 3.8) is 0 Å². The van der Waals surface area contributed by atoms with E-state index in [1.54, 1.807) is 13.8 Å². The van der Waals surface area contributed by atoms with E-state index in [4.69, 9.17) is 21.1 Å². The number of carboxylic acids is 2. The summed E-state index contributed by atoms with van der Waals surface area (Å²) in [5, 5.41) is 33.6. The van der Waals surface area contributed by atoms with Crippen molar-refractivity contribution in [2.45, 2.75) is 50.9 Å². The molecule has 0 saturated heterocycles. The summed E-state index contributed by atoms with van der Waals surface area (Å²) < 4.78 is 0. The maximum absolute atomic E-state index is 12.5. The van der Waals surface area contributed by atoms with Crippen molar-refractivity contribution in [1.82, 2.24) is 16.0 Å². The van der Waals surface area contributed by atoms with Crippen LogP contribution in [0.5, 0.6) is 0 Å². The molecule has 0 saturated carbocycles. The normalized spacial score (nSPS) is 15.0. The number of carbonyl (C=O) groups is 5. The minimum absolute atomic E-state index is 0.126. The molecule has 166 valence electrons. The summed E-state index contributed by atoms with van der Waals surface area (Å²) in [5.74, 6) is -5.57. The molecule has 0 aromatic rings. The monoisotopic (exact) mass is 436 g/mol. The van der Waals surface area contributed by atoms with Crippen LogP contribution in [0.2, 0.25) is 0 Å². The van der Waals surface area contributed by atoms with Gasteiger partial charge < -0.3 is 37.0 Å². The second-order valence-electron chi connectivity index (χ2n) is 6.59. The van der Waals surface area contributed by atoms with Crippen LogP contribution in [-0.4, -0.2) is 81.5 Å². The van der Waals surface area contributed by atoms with E-state index in [1.807, 2.05) is 0 Å². The molecule has 0 aliphatic carbocycles. The minimum atomic E-state index is -1.44. The summed E-state index contributed by atoms with van der Waals surface area (Å²) in [5.41, 5.74) is 5.37. The van der Waals surface area contributed by atoms with Crippen molar-refractivity contribution in [3.05, 3.63) is 0 Å². The predicted molar refractivity (Wildman–Crippen MR) is 104 cm³/mol. The molecule has 8 N–H and O–H groups in total. The predicted octanol–water partition coefficient (Wildman–Crippen LogP) is -2.70. The molecule has 12 nitrogen and oxygen atoms in total. The summed E-state index contributed by atoms with van der Waals surface area (Å²) in [4.78, 5) is 58.5. The van der Waals surface area contributed by atoms with Gasteiger partial charge in [0.05, 0.1) is 6.61 Å². The zero-order chi connectivity index (χ0) is 22.7. The highest BCUT2D eigenvalue weighted by Gasteiger charge is 2.31. The number of aliphatic hydroxyl groups excluding tert-OH is 1. The smallest absolute Gasteiger partial charge is 0.326 e. The van der Waals surface area contributed by atoms with Gasteiger partial charge in [0.15, 0.2) is 0 Å². The lowest BCUT2D eigenvalue weighted by Gasteiger charge is -2.26. The SMILES string of the molecule is CC(C)C(NC(=O)C(CS)NC(=O)C(N)CO)C(=O)NC(CCC(=O)O)C(=O)O. The van der Waals surface area contributed by atoms with Gasteiger partial charge in [-0.3, -0.25) is 19.2 Å².